The zero-order chi connectivity index (χ0) is 13.6. The number of aromatic amines is 1. The lowest BCUT2D eigenvalue weighted by molar-refractivity contribution is 0.0389. The van der Waals surface area contributed by atoms with Gasteiger partial charge in [0.2, 0.25) is 0 Å². The van der Waals surface area contributed by atoms with Gasteiger partial charge in [0.1, 0.15) is 12.2 Å². The number of hydrogen-bond acceptors (Lipinski definition) is 6. The van der Waals surface area contributed by atoms with E-state index >= 15 is 0 Å². The molecule has 0 saturated heterocycles. The molecule has 1 rings (SSSR count). The minimum atomic E-state index is -4.27. The molecule has 0 saturated carbocycles. The quantitative estimate of drug-likeness (QED) is 0.387. The summed E-state index contributed by atoms with van der Waals surface area (Å²) in [6.07, 6.45) is -0.191. The summed E-state index contributed by atoms with van der Waals surface area (Å²) in [6, 6.07) is 1.50. The molecule has 0 bridgehead atoms. The third-order valence-corrected chi connectivity index (χ3v) is 2.35. The summed E-state index contributed by atoms with van der Waals surface area (Å²) < 4.78 is 15.4. The zero-order valence-corrected chi connectivity index (χ0v) is 10.2. The van der Waals surface area contributed by atoms with Crippen molar-refractivity contribution in [3.05, 3.63) is 22.7 Å². The van der Waals surface area contributed by atoms with E-state index in [4.69, 9.17) is 19.6 Å². The van der Waals surface area contributed by atoms with Crippen molar-refractivity contribution >= 4 is 13.4 Å². The summed E-state index contributed by atoms with van der Waals surface area (Å²) in [4.78, 5) is 34.0. The molecule has 0 spiro atoms. The van der Waals surface area contributed by atoms with Gasteiger partial charge in [0.15, 0.2) is 0 Å². The van der Waals surface area contributed by atoms with E-state index in [-0.39, 0.29) is 12.4 Å². The summed E-state index contributed by atoms with van der Waals surface area (Å²) >= 11 is 0. The summed E-state index contributed by atoms with van der Waals surface area (Å²) in [7, 11) is -4.27. The number of nitrogens with zero attached hydrogens (tertiary/aromatic N) is 1. The maximum atomic E-state index is 10.9. The Bertz CT molecular complexity index is 472. The monoisotopic (exact) mass is 279 g/mol. The van der Waals surface area contributed by atoms with Crippen LogP contribution in [0.2, 0.25) is 0 Å². The average molecular weight is 279 g/mol. The number of hydrogen-bond donors (Lipinski definition) is 5. The smallest absolute Gasteiger partial charge is 0.350 e. The first-order chi connectivity index (χ1) is 8.40. The molecule has 1 aromatic heterocycles. The Balaban J connectivity index is 2.44. The van der Waals surface area contributed by atoms with Gasteiger partial charge in [-0.15, -0.1) is 0 Å². The van der Waals surface area contributed by atoms with Gasteiger partial charge in [0.25, 0.3) is 0 Å². The highest BCUT2D eigenvalue weighted by molar-refractivity contribution is 7.51. The Morgan fingerprint density at radius 3 is 2.83 bits per heavy atom. The molecule has 0 aliphatic carbocycles. The van der Waals surface area contributed by atoms with Crippen molar-refractivity contribution in [2.24, 2.45) is 0 Å². The van der Waals surface area contributed by atoms with E-state index in [0.717, 1.165) is 0 Å². The third-order valence-electron chi connectivity index (χ3n) is 1.86. The summed E-state index contributed by atoms with van der Waals surface area (Å²) in [6.45, 7) is -0.358. The van der Waals surface area contributed by atoms with Gasteiger partial charge in [0.05, 0.1) is 12.7 Å². The molecule has 0 aliphatic rings. The first kappa shape index (κ1) is 14.8. The van der Waals surface area contributed by atoms with Crippen molar-refractivity contribution in [2.75, 3.05) is 24.8 Å². The fraction of sp³-hybridized carbons (Fsp3) is 0.500. The molecule has 1 unspecified atom stereocenters. The maximum absolute atomic E-state index is 10.9. The fourth-order valence-electron chi connectivity index (χ4n) is 1.07. The normalized spacial score (nSPS) is 13.3. The average Bonchev–Trinajstić information content (AvgIpc) is 2.28. The molecule has 1 heterocycles. The SMILES string of the molecule is O=c1nc(NCC(CO)OCP(=O)(O)O)cc[nH]1. The van der Waals surface area contributed by atoms with Crippen LogP contribution in [-0.2, 0) is 9.30 Å². The van der Waals surface area contributed by atoms with Crippen molar-refractivity contribution in [3.8, 4) is 0 Å². The van der Waals surface area contributed by atoms with Gasteiger partial charge in [0, 0.05) is 12.7 Å². The number of rotatable bonds is 7. The van der Waals surface area contributed by atoms with Crippen molar-refractivity contribution in [1.29, 1.82) is 0 Å². The molecule has 0 amide bonds. The van der Waals surface area contributed by atoms with Crippen molar-refractivity contribution in [1.82, 2.24) is 9.97 Å². The highest BCUT2D eigenvalue weighted by Gasteiger charge is 2.17. The summed E-state index contributed by atoms with van der Waals surface area (Å²) in [5, 5.41) is 11.7. The molecule has 9 nitrogen and oxygen atoms in total. The first-order valence-corrected chi connectivity index (χ1v) is 6.77. The van der Waals surface area contributed by atoms with Gasteiger partial charge in [-0.25, -0.2) is 4.79 Å². The molecule has 10 heteroatoms. The Morgan fingerprint density at radius 2 is 2.28 bits per heavy atom. The summed E-state index contributed by atoms with van der Waals surface area (Å²) in [5.41, 5.74) is -0.531. The number of aliphatic hydroxyl groups is 1. The molecule has 102 valence electrons. The van der Waals surface area contributed by atoms with E-state index in [9.17, 15) is 9.36 Å². The lowest BCUT2D eigenvalue weighted by Crippen LogP contribution is -2.28. The van der Waals surface area contributed by atoms with E-state index in [1.54, 1.807) is 0 Å². The van der Waals surface area contributed by atoms with Gasteiger partial charge in [-0.2, -0.15) is 4.98 Å². The molecule has 0 radical (unpaired) electrons. The topological polar surface area (TPSA) is 145 Å². The predicted molar refractivity (Wildman–Crippen MR) is 62.2 cm³/mol. The Hall–Kier alpha value is -1.25. The number of anilines is 1. The third kappa shape index (κ3) is 5.89. The van der Waals surface area contributed by atoms with E-state index < -0.39 is 32.3 Å². The van der Waals surface area contributed by atoms with Crippen molar-refractivity contribution in [2.45, 2.75) is 6.10 Å². The largest absolute Gasteiger partial charge is 0.394 e. The van der Waals surface area contributed by atoms with E-state index in [1.165, 1.54) is 12.3 Å². The van der Waals surface area contributed by atoms with Gasteiger partial charge < -0.3 is 29.9 Å². The van der Waals surface area contributed by atoms with Crippen molar-refractivity contribution < 1.29 is 24.2 Å². The van der Waals surface area contributed by atoms with Gasteiger partial charge >= 0.3 is 13.3 Å². The predicted octanol–water partition coefficient (Wildman–Crippen LogP) is -1.31. The van der Waals surface area contributed by atoms with Crippen LogP contribution in [-0.4, -0.2) is 50.5 Å². The molecule has 1 atom stereocenters. The molecule has 1 aromatic rings. The molecular formula is C8H14N3O6P. The van der Waals surface area contributed by atoms with Crippen LogP contribution >= 0.6 is 7.60 Å². The number of nitrogens with one attached hydrogen (secondary N) is 2. The summed E-state index contributed by atoms with van der Waals surface area (Å²) in [5.74, 6) is 0.275. The van der Waals surface area contributed by atoms with Crippen LogP contribution < -0.4 is 11.0 Å². The minimum absolute atomic E-state index is 0.0625. The molecule has 0 aromatic carbocycles. The van der Waals surface area contributed by atoms with Crippen LogP contribution in [0, 0.1) is 0 Å². The maximum Gasteiger partial charge on any atom is 0.350 e. The van der Waals surface area contributed by atoms with Crippen molar-refractivity contribution in [3.63, 3.8) is 0 Å². The Morgan fingerprint density at radius 1 is 1.56 bits per heavy atom. The number of H-pyrrole nitrogens is 1. The number of ether oxygens (including phenoxy) is 1. The molecule has 18 heavy (non-hydrogen) atoms. The minimum Gasteiger partial charge on any atom is -0.394 e. The second-order valence-electron chi connectivity index (χ2n) is 3.43. The van der Waals surface area contributed by atoms with Crippen LogP contribution in [0.4, 0.5) is 5.82 Å². The van der Waals surface area contributed by atoms with Gasteiger partial charge in [-0.1, -0.05) is 0 Å². The van der Waals surface area contributed by atoms with E-state index in [0.29, 0.717) is 0 Å². The van der Waals surface area contributed by atoms with Gasteiger partial charge in [-0.3, -0.25) is 4.57 Å². The van der Waals surface area contributed by atoms with E-state index in [2.05, 4.69) is 15.3 Å². The van der Waals surface area contributed by atoms with Crippen LogP contribution in [0.5, 0.6) is 0 Å². The lowest BCUT2D eigenvalue weighted by Gasteiger charge is -2.16. The Kier molecular flexibility index (Phi) is 5.45. The second-order valence-corrected chi connectivity index (χ2v) is 5.01. The number of aliphatic hydroxyl groups excluding tert-OH is 1. The molecule has 0 fully saturated rings. The highest BCUT2D eigenvalue weighted by atomic mass is 31.2. The first-order valence-electron chi connectivity index (χ1n) is 4.97. The molecular weight excluding hydrogens is 265 g/mol. The van der Waals surface area contributed by atoms with Crippen LogP contribution in [0.15, 0.2) is 17.1 Å². The lowest BCUT2D eigenvalue weighted by atomic mass is 10.3. The second kappa shape index (κ2) is 6.62. The molecule has 0 aliphatic heterocycles. The van der Waals surface area contributed by atoms with Crippen LogP contribution in [0.3, 0.4) is 0 Å². The van der Waals surface area contributed by atoms with E-state index in [1.807, 2.05) is 0 Å². The van der Waals surface area contributed by atoms with Gasteiger partial charge in [-0.05, 0) is 6.07 Å². The number of aromatic nitrogens is 2. The fourth-order valence-corrected chi connectivity index (χ4v) is 1.47. The van der Waals surface area contributed by atoms with Crippen LogP contribution in [0.25, 0.3) is 0 Å². The zero-order valence-electron chi connectivity index (χ0n) is 9.31. The Labute approximate surface area is 102 Å². The highest BCUT2D eigenvalue weighted by Crippen LogP contribution is 2.34. The van der Waals surface area contributed by atoms with Crippen LogP contribution in [0.1, 0.15) is 0 Å². The standard InChI is InChI=1S/C8H14N3O6P/c12-4-6(17-5-18(14,15)16)3-10-7-1-2-9-8(13)11-7/h1-2,6,12H,3-5H2,(H2,14,15,16)(H2,9,10,11,13). The molecule has 5 N–H and O–H groups in total.